The van der Waals surface area contributed by atoms with Crippen molar-refractivity contribution in [2.75, 3.05) is 0 Å². The second-order valence-electron chi connectivity index (χ2n) is 3.70. The van der Waals surface area contributed by atoms with Gasteiger partial charge in [-0.3, -0.25) is 4.99 Å². The van der Waals surface area contributed by atoms with Gasteiger partial charge in [-0.15, -0.1) is 0 Å². The third-order valence-electron chi connectivity index (χ3n) is 2.83. The fourth-order valence-corrected chi connectivity index (χ4v) is 1.93. The first kappa shape index (κ1) is 6.95. The van der Waals surface area contributed by atoms with E-state index in [4.69, 9.17) is 11.5 Å². The Balaban J connectivity index is 1.89. The maximum Gasteiger partial charge on any atom is 0.186 e. The summed E-state index contributed by atoms with van der Waals surface area (Å²) >= 11 is 0. The molecule has 2 rings (SSSR count). The quantitative estimate of drug-likeness (QED) is 0.447. The topological polar surface area (TPSA) is 64.4 Å². The SMILES string of the molecule is NC(N)=NC1CCC1C1CC1. The third kappa shape index (κ3) is 1.32. The lowest BCUT2D eigenvalue weighted by molar-refractivity contribution is 0.227. The Hall–Kier alpha value is -0.730. The lowest BCUT2D eigenvalue weighted by atomic mass is 9.76. The summed E-state index contributed by atoms with van der Waals surface area (Å²) in [5.41, 5.74) is 10.6. The second-order valence-corrected chi connectivity index (χ2v) is 3.70. The summed E-state index contributed by atoms with van der Waals surface area (Å²) < 4.78 is 0. The monoisotopic (exact) mass is 153 g/mol. The van der Waals surface area contributed by atoms with Gasteiger partial charge < -0.3 is 11.5 Å². The molecule has 0 radical (unpaired) electrons. The van der Waals surface area contributed by atoms with E-state index in [1.165, 1.54) is 25.7 Å². The van der Waals surface area contributed by atoms with Crippen LogP contribution >= 0.6 is 0 Å². The highest BCUT2D eigenvalue weighted by molar-refractivity contribution is 5.75. The minimum Gasteiger partial charge on any atom is -0.370 e. The number of nitrogens with zero attached hydrogens (tertiary/aromatic N) is 1. The molecule has 0 aromatic heterocycles. The Morgan fingerprint density at radius 1 is 1.09 bits per heavy atom. The predicted octanol–water partition coefficient (Wildman–Crippen LogP) is 0.448. The summed E-state index contributed by atoms with van der Waals surface area (Å²) in [6, 6.07) is 0.465. The van der Waals surface area contributed by atoms with Crippen molar-refractivity contribution in [1.29, 1.82) is 0 Å². The molecule has 2 aliphatic rings. The van der Waals surface area contributed by atoms with Crippen LogP contribution in [-0.2, 0) is 0 Å². The number of aliphatic imine (C=N–C) groups is 1. The molecule has 4 N–H and O–H groups in total. The molecule has 11 heavy (non-hydrogen) atoms. The Kier molecular flexibility index (Phi) is 1.51. The van der Waals surface area contributed by atoms with Crippen molar-refractivity contribution in [2.24, 2.45) is 28.3 Å². The molecule has 0 heterocycles. The summed E-state index contributed by atoms with van der Waals surface area (Å²) in [6.45, 7) is 0. The Morgan fingerprint density at radius 3 is 2.18 bits per heavy atom. The molecule has 3 nitrogen and oxygen atoms in total. The van der Waals surface area contributed by atoms with Gasteiger partial charge in [0.15, 0.2) is 5.96 Å². The van der Waals surface area contributed by atoms with E-state index in [1.807, 2.05) is 0 Å². The van der Waals surface area contributed by atoms with Crippen LogP contribution in [-0.4, -0.2) is 12.0 Å². The molecular formula is C8H15N3. The molecule has 2 unspecified atom stereocenters. The number of hydrogen-bond donors (Lipinski definition) is 2. The van der Waals surface area contributed by atoms with Gasteiger partial charge in [-0.1, -0.05) is 0 Å². The van der Waals surface area contributed by atoms with E-state index in [0.29, 0.717) is 6.04 Å². The van der Waals surface area contributed by atoms with Crippen molar-refractivity contribution in [3.05, 3.63) is 0 Å². The molecule has 3 heteroatoms. The van der Waals surface area contributed by atoms with E-state index in [0.717, 1.165) is 11.8 Å². The number of guanidine groups is 1. The highest BCUT2D eigenvalue weighted by Gasteiger charge is 2.41. The fourth-order valence-electron chi connectivity index (χ4n) is 1.93. The summed E-state index contributed by atoms with van der Waals surface area (Å²) in [5.74, 6) is 2.04. The van der Waals surface area contributed by atoms with Gasteiger partial charge in [-0.05, 0) is 37.5 Å². The van der Waals surface area contributed by atoms with E-state index in [9.17, 15) is 0 Å². The summed E-state index contributed by atoms with van der Waals surface area (Å²) in [5, 5.41) is 0. The first-order valence-corrected chi connectivity index (χ1v) is 4.36. The second kappa shape index (κ2) is 2.40. The van der Waals surface area contributed by atoms with Crippen molar-refractivity contribution < 1.29 is 0 Å². The van der Waals surface area contributed by atoms with Gasteiger partial charge in [-0.25, -0.2) is 0 Å². The van der Waals surface area contributed by atoms with Crippen molar-refractivity contribution in [3.8, 4) is 0 Å². The molecule has 0 aromatic rings. The molecule has 2 atom stereocenters. The first-order chi connectivity index (χ1) is 5.27. The van der Waals surface area contributed by atoms with Crippen molar-refractivity contribution >= 4 is 5.96 Å². The zero-order valence-electron chi connectivity index (χ0n) is 6.66. The molecule has 0 spiro atoms. The van der Waals surface area contributed by atoms with Crippen LogP contribution < -0.4 is 11.5 Å². The smallest absolute Gasteiger partial charge is 0.186 e. The average Bonchev–Trinajstić information content (AvgIpc) is 2.64. The molecule has 2 fully saturated rings. The highest BCUT2D eigenvalue weighted by Crippen LogP contribution is 2.48. The Bertz CT molecular complexity index is 180. The van der Waals surface area contributed by atoms with Crippen LogP contribution in [0, 0.1) is 11.8 Å². The Labute approximate surface area is 66.9 Å². The van der Waals surface area contributed by atoms with Gasteiger partial charge in [0.25, 0.3) is 0 Å². The fraction of sp³-hybridized carbons (Fsp3) is 0.875. The lowest BCUT2D eigenvalue weighted by Crippen LogP contribution is -2.35. The van der Waals surface area contributed by atoms with Crippen molar-refractivity contribution in [1.82, 2.24) is 0 Å². The van der Waals surface area contributed by atoms with Gasteiger partial charge in [0.05, 0.1) is 6.04 Å². The van der Waals surface area contributed by atoms with Crippen LogP contribution in [0.25, 0.3) is 0 Å². The van der Waals surface area contributed by atoms with Crippen LogP contribution in [0.2, 0.25) is 0 Å². The molecule has 0 aliphatic heterocycles. The van der Waals surface area contributed by atoms with Crippen LogP contribution in [0.1, 0.15) is 25.7 Å². The molecule has 0 amide bonds. The molecule has 0 saturated heterocycles. The van der Waals surface area contributed by atoms with E-state index in [1.54, 1.807) is 0 Å². The van der Waals surface area contributed by atoms with E-state index < -0.39 is 0 Å². The Morgan fingerprint density at radius 2 is 1.82 bits per heavy atom. The maximum absolute atomic E-state index is 5.31. The van der Waals surface area contributed by atoms with Crippen LogP contribution in [0.5, 0.6) is 0 Å². The maximum atomic E-state index is 5.31. The summed E-state index contributed by atoms with van der Waals surface area (Å²) in [4.78, 5) is 4.20. The number of hydrogen-bond acceptors (Lipinski definition) is 1. The largest absolute Gasteiger partial charge is 0.370 e. The first-order valence-electron chi connectivity index (χ1n) is 4.36. The minimum absolute atomic E-state index is 0.264. The third-order valence-corrected chi connectivity index (χ3v) is 2.83. The molecule has 2 saturated carbocycles. The van der Waals surface area contributed by atoms with E-state index in [-0.39, 0.29) is 5.96 Å². The van der Waals surface area contributed by atoms with Crippen LogP contribution in [0.3, 0.4) is 0 Å². The number of rotatable bonds is 2. The van der Waals surface area contributed by atoms with Gasteiger partial charge in [0, 0.05) is 0 Å². The summed E-state index contributed by atoms with van der Waals surface area (Å²) in [7, 11) is 0. The van der Waals surface area contributed by atoms with E-state index >= 15 is 0 Å². The standard InChI is InChI=1S/C8H15N3/c9-8(10)11-7-4-3-6(7)5-1-2-5/h5-7H,1-4H2,(H4,9,10,11). The van der Waals surface area contributed by atoms with Crippen molar-refractivity contribution in [3.63, 3.8) is 0 Å². The molecular weight excluding hydrogens is 138 g/mol. The molecule has 0 aromatic carbocycles. The average molecular weight is 153 g/mol. The van der Waals surface area contributed by atoms with Crippen LogP contribution in [0.15, 0.2) is 4.99 Å². The van der Waals surface area contributed by atoms with Crippen LogP contribution in [0.4, 0.5) is 0 Å². The molecule has 2 aliphatic carbocycles. The van der Waals surface area contributed by atoms with Gasteiger partial charge in [0.2, 0.25) is 0 Å². The van der Waals surface area contributed by atoms with E-state index in [2.05, 4.69) is 4.99 Å². The minimum atomic E-state index is 0.264. The van der Waals surface area contributed by atoms with Gasteiger partial charge >= 0.3 is 0 Å². The summed E-state index contributed by atoms with van der Waals surface area (Å²) in [6.07, 6.45) is 5.34. The van der Waals surface area contributed by atoms with Crippen molar-refractivity contribution in [2.45, 2.75) is 31.7 Å². The van der Waals surface area contributed by atoms with Gasteiger partial charge in [0.1, 0.15) is 0 Å². The lowest BCUT2D eigenvalue weighted by Gasteiger charge is -2.33. The normalized spacial score (nSPS) is 36.0. The molecule has 0 bridgehead atoms. The predicted molar refractivity (Wildman–Crippen MR) is 45.0 cm³/mol. The zero-order chi connectivity index (χ0) is 7.84. The highest BCUT2D eigenvalue weighted by atomic mass is 15.0. The number of nitrogens with two attached hydrogens (primary N) is 2. The van der Waals surface area contributed by atoms with Gasteiger partial charge in [-0.2, -0.15) is 0 Å². The zero-order valence-corrected chi connectivity index (χ0v) is 6.66. The molecule has 62 valence electrons.